The summed E-state index contributed by atoms with van der Waals surface area (Å²) in [6, 6.07) is 16.1. The molecule has 4 nitrogen and oxygen atoms in total. The molecule has 0 unspecified atom stereocenters. The highest BCUT2D eigenvalue weighted by Gasteiger charge is 1.98. The van der Waals surface area contributed by atoms with Crippen LogP contribution in [0, 0.1) is 0 Å². The van der Waals surface area contributed by atoms with Crippen molar-refractivity contribution in [2.75, 3.05) is 39.7 Å². The molecule has 0 heterocycles. The van der Waals surface area contributed by atoms with Gasteiger partial charge < -0.3 is 19.7 Å². The molecule has 4 heteroatoms. The minimum Gasteiger partial charge on any atom is -0.497 e. The number of ether oxygens (including phenoxy) is 2. The van der Waals surface area contributed by atoms with Gasteiger partial charge in [-0.3, -0.25) is 0 Å². The maximum atomic E-state index is 5.68. The zero-order chi connectivity index (χ0) is 15.8. The van der Waals surface area contributed by atoms with Crippen LogP contribution in [0.5, 0.6) is 11.5 Å². The first-order valence-electron chi connectivity index (χ1n) is 7.42. The molecule has 0 saturated heterocycles. The molecule has 0 saturated carbocycles. The molecule has 0 aliphatic rings. The largest absolute Gasteiger partial charge is 0.497 e. The molecule has 0 aromatic heterocycles. The molecule has 0 atom stereocenters. The third-order valence-electron chi connectivity index (χ3n) is 3.32. The number of hydrogen-bond acceptors (Lipinski definition) is 4. The molecular formula is C18H24N2O2. The predicted octanol–water partition coefficient (Wildman–Crippen LogP) is 3.25. The summed E-state index contributed by atoms with van der Waals surface area (Å²) in [6.07, 6.45) is 0. The van der Waals surface area contributed by atoms with Crippen molar-refractivity contribution in [2.45, 2.75) is 6.54 Å². The van der Waals surface area contributed by atoms with Crippen LogP contribution in [0.15, 0.2) is 48.5 Å². The van der Waals surface area contributed by atoms with Crippen LogP contribution in [0.1, 0.15) is 5.56 Å². The van der Waals surface area contributed by atoms with E-state index in [9.17, 15) is 0 Å². The van der Waals surface area contributed by atoms with Gasteiger partial charge in [0.2, 0.25) is 0 Å². The molecule has 0 radical (unpaired) electrons. The van der Waals surface area contributed by atoms with Gasteiger partial charge in [0.05, 0.1) is 7.11 Å². The number of rotatable bonds is 8. The molecule has 2 rings (SSSR count). The second-order valence-electron chi connectivity index (χ2n) is 5.38. The Kier molecular flexibility index (Phi) is 6.10. The van der Waals surface area contributed by atoms with Crippen molar-refractivity contribution in [1.29, 1.82) is 0 Å². The molecule has 2 aromatic rings. The Morgan fingerprint density at radius 3 is 2.14 bits per heavy atom. The maximum absolute atomic E-state index is 5.68. The average molecular weight is 300 g/mol. The van der Waals surface area contributed by atoms with Crippen molar-refractivity contribution in [3.05, 3.63) is 54.1 Å². The summed E-state index contributed by atoms with van der Waals surface area (Å²) in [6.45, 7) is 2.40. The van der Waals surface area contributed by atoms with Crippen molar-refractivity contribution in [2.24, 2.45) is 0 Å². The minimum atomic E-state index is 0.700. The summed E-state index contributed by atoms with van der Waals surface area (Å²) in [5, 5.41) is 3.40. The highest BCUT2D eigenvalue weighted by Crippen LogP contribution is 2.17. The number of methoxy groups -OCH3 is 1. The fourth-order valence-corrected chi connectivity index (χ4v) is 1.96. The van der Waals surface area contributed by atoms with E-state index in [1.54, 1.807) is 7.11 Å². The van der Waals surface area contributed by atoms with Crippen LogP contribution in [0.25, 0.3) is 0 Å². The minimum absolute atomic E-state index is 0.700. The second kappa shape index (κ2) is 8.29. The van der Waals surface area contributed by atoms with E-state index in [0.29, 0.717) is 6.61 Å². The molecule has 0 aliphatic carbocycles. The number of nitrogens with one attached hydrogen (secondary N) is 1. The monoisotopic (exact) mass is 300 g/mol. The number of anilines is 1. The first-order valence-corrected chi connectivity index (χ1v) is 7.42. The SMILES string of the molecule is COc1ccc(CNc2ccc(OCCN(C)C)cc2)cc1. The van der Waals surface area contributed by atoms with Crippen LogP contribution in [-0.2, 0) is 6.54 Å². The van der Waals surface area contributed by atoms with E-state index in [2.05, 4.69) is 22.3 Å². The summed E-state index contributed by atoms with van der Waals surface area (Å²) < 4.78 is 10.8. The van der Waals surface area contributed by atoms with Crippen molar-refractivity contribution in [3.63, 3.8) is 0 Å². The van der Waals surface area contributed by atoms with Gasteiger partial charge in [0.1, 0.15) is 18.1 Å². The Morgan fingerprint density at radius 2 is 1.55 bits per heavy atom. The van der Waals surface area contributed by atoms with Gasteiger partial charge in [0, 0.05) is 18.8 Å². The first kappa shape index (κ1) is 16.2. The second-order valence-corrected chi connectivity index (χ2v) is 5.38. The molecule has 0 spiro atoms. The third-order valence-corrected chi connectivity index (χ3v) is 3.32. The normalized spacial score (nSPS) is 10.5. The molecule has 22 heavy (non-hydrogen) atoms. The van der Waals surface area contributed by atoms with Gasteiger partial charge >= 0.3 is 0 Å². The lowest BCUT2D eigenvalue weighted by atomic mass is 10.2. The van der Waals surface area contributed by atoms with E-state index in [1.165, 1.54) is 5.56 Å². The Labute approximate surface area is 132 Å². The van der Waals surface area contributed by atoms with Gasteiger partial charge in [0.25, 0.3) is 0 Å². The van der Waals surface area contributed by atoms with Crippen molar-refractivity contribution >= 4 is 5.69 Å². The molecule has 0 amide bonds. The Morgan fingerprint density at radius 1 is 0.909 bits per heavy atom. The molecule has 0 aliphatic heterocycles. The van der Waals surface area contributed by atoms with Crippen molar-refractivity contribution in [3.8, 4) is 11.5 Å². The lowest BCUT2D eigenvalue weighted by molar-refractivity contribution is 0.261. The average Bonchev–Trinajstić information content (AvgIpc) is 2.54. The van der Waals surface area contributed by atoms with Crippen LogP contribution in [-0.4, -0.2) is 39.3 Å². The van der Waals surface area contributed by atoms with Crippen LogP contribution >= 0.6 is 0 Å². The summed E-state index contributed by atoms with van der Waals surface area (Å²) in [5.41, 5.74) is 2.29. The van der Waals surface area contributed by atoms with Gasteiger partial charge in [0.15, 0.2) is 0 Å². The van der Waals surface area contributed by atoms with Gasteiger partial charge in [-0.1, -0.05) is 12.1 Å². The smallest absolute Gasteiger partial charge is 0.119 e. The van der Waals surface area contributed by atoms with E-state index in [0.717, 1.165) is 30.3 Å². The van der Waals surface area contributed by atoms with Gasteiger partial charge in [-0.15, -0.1) is 0 Å². The zero-order valence-electron chi connectivity index (χ0n) is 13.5. The predicted molar refractivity (Wildman–Crippen MR) is 90.8 cm³/mol. The van der Waals surface area contributed by atoms with E-state index in [-0.39, 0.29) is 0 Å². The van der Waals surface area contributed by atoms with Gasteiger partial charge in [-0.25, -0.2) is 0 Å². The van der Waals surface area contributed by atoms with Crippen molar-refractivity contribution in [1.82, 2.24) is 4.90 Å². The molecule has 118 valence electrons. The number of benzene rings is 2. The number of likely N-dealkylation sites (N-methyl/N-ethyl adjacent to an activating group) is 1. The molecule has 0 bridgehead atoms. The molecule has 1 N–H and O–H groups in total. The zero-order valence-corrected chi connectivity index (χ0v) is 13.5. The van der Waals surface area contributed by atoms with Crippen LogP contribution in [0.4, 0.5) is 5.69 Å². The van der Waals surface area contributed by atoms with E-state index in [1.807, 2.05) is 50.5 Å². The quantitative estimate of drug-likeness (QED) is 0.811. The fourth-order valence-electron chi connectivity index (χ4n) is 1.96. The Balaban J connectivity index is 1.80. The Hall–Kier alpha value is -2.20. The van der Waals surface area contributed by atoms with Gasteiger partial charge in [-0.05, 0) is 56.1 Å². The molecular weight excluding hydrogens is 276 g/mol. The highest BCUT2D eigenvalue weighted by molar-refractivity contribution is 5.47. The lowest BCUT2D eigenvalue weighted by Gasteiger charge is -2.12. The standard InChI is InChI=1S/C18H24N2O2/c1-20(2)12-13-22-18-10-6-16(7-11-18)19-14-15-4-8-17(21-3)9-5-15/h4-11,19H,12-14H2,1-3H3. The highest BCUT2D eigenvalue weighted by atomic mass is 16.5. The topological polar surface area (TPSA) is 33.7 Å². The van der Waals surface area contributed by atoms with E-state index in [4.69, 9.17) is 9.47 Å². The number of nitrogens with zero attached hydrogens (tertiary/aromatic N) is 1. The summed E-state index contributed by atoms with van der Waals surface area (Å²) in [7, 11) is 5.75. The summed E-state index contributed by atoms with van der Waals surface area (Å²) in [5.74, 6) is 1.78. The van der Waals surface area contributed by atoms with Crippen LogP contribution < -0.4 is 14.8 Å². The number of hydrogen-bond donors (Lipinski definition) is 1. The molecule has 2 aromatic carbocycles. The maximum Gasteiger partial charge on any atom is 0.119 e. The third kappa shape index (κ3) is 5.30. The van der Waals surface area contributed by atoms with Gasteiger partial charge in [-0.2, -0.15) is 0 Å². The van der Waals surface area contributed by atoms with E-state index < -0.39 is 0 Å². The van der Waals surface area contributed by atoms with Crippen molar-refractivity contribution < 1.29 is 9.47 Å². The Bertz CT molecular complexity index is 550. The molecule has 0 fully saturated rings. The van der Waals surface area contributed by atoms with Crippen LogP contribution in [0.3, 0.4) is 0 Å². The van der Waals surface area contributed by atoms with E-state index >= 15 is 0 Å². The summed E-state index contributed by atoms with van der Waals surface area (Å²) >= 11 is 0. The summed E-state index contributed by atoms with van der Waals surface area (Å²) in [4.78, 5) is 2.10. The van der Waals surface area contributed by atoms with Crippen LogP contribution in [0.2, 0.25) is 0 Å². The fraction of sp³-hybridized carbons (Fsp3) is 0.333. The first-order chi connectivity index (χ1) is 10.7. The lowest BCUT2D eigenvalue weighted by Crippen LogP contribution is -2.19.